The fourth-order valence-corrected chi connectivity index (χ4v) is 5.50. The van der Waals surface area contributed by atoms with Crippen LogP contribution in [0.2, 0.25) is 0 Å². The van der Waals surface area contributed by atoms with Crippen LogP contribution in [0.5, 0.6) is 11.5 Å². The Bertz CT molecular complexity index is 1580. The Kier molecular flexibility index (Phi) is 11.7. The number of benzene rings is 5. The second-order valence-corrected chi connectivity index (χ2v) is 11.4. The minimum Gasteiger partial charge on any atom is -0.508 e. The van der Waals surface area contributed by atoms with Crippen LogP contribution in [0.3, 0.4) is 0 Å². The zero-order valence-corrected chi connectivity index (χ0v) is 26.2. The SMILES string of the molecule is Oc1ccc(OC2O[C@H](COCc3ccccc3)[C@H](OCc3ccccc3)[C@H](OCc3ccccc3)[C@H]2OCc2ccccc2)cc1. The predicted molar refractivity (Wildman–Crippen MR) is 179 cm³/mol. The van der Waals surface area contributed by atoms with Gasteiger partial charge in [-0.3, -0.25) is 0 Å². The summed E-state index contributed by atoms with van der Waals surface area (Å²) in [5.41, 5.74) is 4.12. The third-order valence-electron chi connectivity index (χ3n) is 7.93. The third kappa shape index (κ3) is 9.51. The maximum absolute atomic E-state index is 9.90. The van der Waals surface area contributed by atoms with Gasteiger partial charge in [-0.2, -0.15) is 0 Å². The molecule has 1 aliphatic heterocycles. The highest BCUT2D eigenvalue weighted by Crippen LogP contribution is 2.33. The summed E-state index contributed by atoms with van der Waals surface area (Å²) in [4.78, 5) is 0. The first-order chi connectivity index (χ1) is 23.2. The Morgan fingerprint density at radius 1 is 0.468 bits per heavy atom. The number of aromatic hydroxyl groups is 1. The molecule has 7 nitrogen and oxygen atoms in total. The number of hydrogen-bond acceptors (Lipinski definition) is 7. The summed E-state index contributed by atoms with van der Waals surface area (Å²) < 4.78 is 39.5. The molecule has 1 fully saturated rings. The van der Waals surface area contributed by atoms with Crippen molar-refractivity contribution in [3.05, 3.63) is 168 Å². The number of phenolic OH excluding ortho intramolecular Hbond substituents is 1. The molecule has 0 aromatic heterocycles. The molecular formula is C40H40O7. The summed E-state index contributed by atoms with van der Waals surface area (Å²) in [7, 11) is 0. The molecule has 1 heterocycles. The lowest BCUT2D eigenvalue weighted by molar-refractivity contribution is -0.310. The van der Waals surface area contributed by atoms with Crippen LogP contribution in [0.1, 0.15) is 22.3 Å². The predicted octanol–water partition coefficient (Wildman–Crippen LogP) is 7.47. The van der Waals surface area contributed by atoms with E-state index < -0.39 is 30.7 Å². The largest absolute Gasteiger partial charge is 0.508 e. The summed E-state index contributed by atoms with van der Waals surface area (Å²) in [6, 6.07) is 46.6. The van der Waals surface area contributed by atoms with Crippen molar-refractivity contribution in [1.29, 1.82) is 0 Å². The van der Waals surface area contributed by atoms with Crippen LogP contribution >= 0.6 is 0 Å². The highest BCUT2D eigenvalue weighted by Gasteiger charge is 2.49. The van der Waals surface area contributed by atoms with Gasteiger partial charge in [-0.1, -0.05) is 121 Å². The van der Waals surface area contributed by atoms with Gasteiger partial charge in [0.05, 0.1) is 33.0 Å². The van der Waals surface area contributed by atoms with E-state index in [-0.39, 0.29) is 12.4 Å². The molecule has 1 saturated heterocycles. The van der Waals surface area contributed by atoms with Gasteiger partial charge >= 0.3 is 0 Å². The van der Waals surface area contributed by atoms with Crippen LogP contribution in [-0.4, -0.2) is 42.4 Å². The van der Waals surface area contributed by atoms with E-state index in [9.17, 15) is 5.11 Å². The van der Waals surface area contributed by atoms with Gasteiger partial charge in [-0.15, -0.1) is 0 Å². The van der Waals surface area contributed by atoms with Crippen LogP contribution < -0.4 is 4.74 Å². The molecule has 242 valence electrons. The Morgan fingerprint density at radius 2 is 0.894 bits per heavy atom. The molecule has 7 heteroatoms. The standard InChI is InChI=1S/C40H40O7/c41-34-21-23-35(24-22-34)46-40-39(45-28-33-19-11-4-12-20-33)38(44-27-32-17-9-3-10-18-32)37(43-26-31-15-7-2-8-16-31)36(47-40)29-42-25-30-13-5-1-6-14-30/h1-24,36-41H,25-29H2/t36-,37+,38+,39-,40?/m1/s1. The number of phenols is 1. The molecule has 0 amide bonds. The molecule has 6 rings (SSSR count). The van der Waals surface area contributed by atoms with E-state index in [0.29, 0.717) is 32.2 Å². The van der Waals surface area contributed by atoms with E-state index in [1.165, 1.54) is 0 Å². The van der Waals surface area contributed by atoms with E-state index >= 15 is 0 Å². The van der Waals surface area contributed by atoms with Gasteiger partial charge in [0.1, 0.15) is 35.9 Å². The van der Waals surface area contributed by atoms with Crippen LogP contribution in [0.15, 0.2) is 146 Å². The highest BCUT2D eigenvalue weighted by atomic mass is 16.7. The average molecular weight is 633 g/mol. The van der Waals surface area contributed by atoms with Crippen LogP contribution in [0, 0.1) is 0 Å². The van der Waals surface area contributed by atoms with Crippen molar-refractivity contribution < 1.29 is 33.5 Å². The van der Waals surface area contributed by atoms with Crippen molar-refractivity contribution >= 4 is 0 Å². The zero-order valence-electron chi connectivity index (χ0n) is 26.2. The molecule has 0 saturated carbocycles. The fourth-order valence-electron chi connectivity index (χ4n) is 5.50. The molecule has 1 aliphatic rings. The van der Waals surface area contributed by atoms with E-state index in [1.807, 2.05) is 121 Å². The molecule has 0 spiro atoms. The lowest BCUT2D eigenvalue weighted by Crippen LogP contribution is -2.62. The first kappa shape index (κ1) is 32.4. The molecule has 1 unspecified atom stereocenters. The molecule has 5 aromatic rings. The molecule has 5 aromatic carbocycles. The van der Waals surface area contributed by atoms with Gasteiger partial charge in [0.2, 0.25) is 6.29 Å². The minimum absolute atomic E-state index is 0.143. The summed E-state index contributed by atoms with van der Waals surface area (Å²) >= 11 is 0. The van der Waals surface area contributed by atoms with Crippen molar-refractivity contribution in [3.63, 3.8) is 0 Å². The van der Waals surface area contributed by atoms with Gasteiger partial charge in [-0.25, -0.2) is 0 Å². The first-order valence-electron chi connectivity index (χ1n) is 15.9. The Hall–Kier alpha value is -4.50. The molecule has 0 bridgehead atoms. The normalized spacial score (nSPS) is 20.9. The van der Waals surface area contributed by atoms with Crippen LogP contribution in [0.4, 0.5) is 0 Å². The molecule has 5 atom stereocenters. The number of hydrogen-bond donors (Lipinski definition) is 1. The molecule has 0 aliphatic carbocycles. The van der Waals surface area contributed by atoms with Gasteiger partial charge in [0, 0.05) is 0 Å². The number of rotatable bonds is 15. The van der Waals surface area contributed by atoms with Gasteiger partial charge in [-0.05, 0) is 46.5 Å². The van der Waals surface area contributed by atoms with Crippen molar-refractivity contribution in [2.45, 2.75) is 57.1 Å². The van der Waals surface area contributed by atoms with Crippen molar-refractivity contribution in [3.8, 4) is 11.5 Å². The highest BCUT2D eigenvalue weighted by molar-refractivity contribution is 5.30. The Labute approximate surface area is 276 Å². The van der Waals surface area contributed by atoms with Crippen molar-refractivity contribution in [2.75, 3.05) is 6.61 Å². The topological polar surface area (TPSA) is 75.6 Å². The maximum Gasteiger partial charge on any atom is 0.229 e. The lowest BCUT2D eigenvalue weighted by Gasteiger charge is -2.45. The van der Waals surface area contributed by atoms with Gasteiger partial charge < -0.3 is 33.5 Å². The molecule has 47 heavy (non-hydrogen) atoms. The maximum atomic E-state index is 9.90. The molecular weight excluding hydrogens is 592 g/mol. The summed E-state index contributed by atoms with van der Waals surface area (Å²) in [5.74, 6) is 0.667. The lowest BCUT2D eigenvalue weighted by atomic mass is 9.97. The second kappa shape index (κ2) is 16.9. The smallest absolute Gasteiger partial charge is 0.229 e. The number of ether oxygens (including phenoxy) is 6. The second-order valence-electron chi connectivity index (χ2n) is 11.4. The monoisotopic (exact) mass is 632 g/mol. The quantitative estimate of drug-likeness (QED) is 0.128. The Morgan fingerprint density at radius 3 is 1.38 bits per heavy atom. The fraction of sp³-hybridized carbons (Fsp3) is 0.250. The summed E-state index contributed by atoms with van der Waals surface area (Å²) in [5, 5.41) is 9.90. The van der Waals surface area contributed by atoms with Crippen molar-refractivity contribution in [2.24, 2.45) is 0 Å². The van der Waals surface area contributed by atoms with Crippen molar-refractivity contribution in [1.82, 2.24) is 0 Å². The average Bonchev–Trinajstić information content (AvgIpc) is 3.12. The molecule has 0 radical (unpaired) electrons. The van der Waals surface area contributed by atoms with Gasteiger partial charge in [0.25, 0.3) is 0 Å². The van der Waals surface area contributed by atoms with Crippen LogP contribution in [0.25, 0.3) is 0 Å². The van der Waals surface area contributed by atoms with E-state index in [4.69, 9.17) is 28.4 Å². The van der Waals surface area contributed by atoms with E-state index in [0.717, 1.165) is 22.3 Å². The van der Waals surface area contributed by atoms with E-state index in [1.54, 1.807) is 24.3 Å². The molecule has 1 N–H and O–H groups in total. The van der Waals surface area contributed by atoms with E-state index in [2.05, 4.69) is 0 Å². The minimum atomic E-state index is -0.870. The van der Waals surface area contributed by atoms with Crippen LogP contribution in [-0.2, 0) is 50.1 Å². The summed E-state index contributed by atoms with van der Waals surface area (Å²) in [6.45, 7) is 1.66. The Balaban J connectivity index is 1.31. The first-order valence-corrected chi connectivity index (χ1v) is 15.9. The third-order valence-corrected chi connectivity index (χ3v) is 7.93. The zero-order chi connectivity index (χ0) is 32.1. The summed E-state index contributed by atoms with van der Waals surface area (Å²) in [6.07, 6.45) is -3.26. The van der Waals surface area contributed by atoms with Gasteiger partial charge in [0.15, 0.2) is 0 Å².